The summed E-state index contributed by atoms with van der Waals surface area (Å²) in [7, 11) is -3.58. The smallest absolute Gasteiger partial charge is 0.241 e. The summed E-state index contributed by atoms with van der Waals surface area (Å²) in [5, 5.41) is 7.09. The van der Waals surface area contributed by atoms with Gasteiger partial charge in [-0.25, -0.2) is 18.1 Å². The summed E-state index contributed by atoms with van der Waals surface area (Å²) in [6.45, 7) is 9.30. The van der Waals surface area contributed by atoms with Crippen molar-refractivity contribution in [3.8, 4) is 10.6 Å². The van der Waals surface area contributed by atoms with Crippen molar-refractivity contribution in [2.45, 2.75) is 57.6 Å². The molecule has 2 unspecified atom stereocenters. The number of nitrogens with zero attached hydrogens (tertiary/aromatic N) is 1. The van der Waals surface area contributed by atoms with Gasteiger partial charge in [0.2, 0.25) is 15.9 Å². The molecule has 2 atom stereocenters. The second-order valence-electron chi connectivity index (χ2n) is 8.35. The number of nitrogens with one attached hydrogen (secondary N) is 3. The van der Waals surface area contributed by atoms with Gasteiger partial charge in [-0.15, -0.1) is 11.3 Å². The Morgan fingerprint density at radius 2 is 1.68 bits per heavy atom. The van der Waals surface area contributed by atoms with Crippen LogP contribution in [-0.2, 0) is 14.8 Å². The minimum absolute atomic E-state index is 0.0795. The van der Waals surface area contributed by atoms with Crippen molar-refractivity contribution in [2.75, 3.05) is 5.32 Å². The van der Waals surface area contributed by atoms with Crippen LogP contribution in [0.3, 0.4) is 0 Å². The highest BCUT2D eigenvalue weighted by molar-refractivity contribution is 9.10. The van der Waals surface area contributed by atoms with Gasteiger partial charge in [0.05, 0.1) is 16.6 Å². The Balaban J connectivity index is 1.64. The minimum Gasteiger partial charge on any atom is -0.325 e. The van der Waals surface area contributed by atoms with Gasteiger partial charge < -0.3 is 5.32 Å². The van der Waals surface area contributed by atoms with E-state index < -0.39 is 16.1 Å². The van der Waals surface area contributed by atoms with Crippen LogP contribution in [0.4, 0.5) is 5.69 Å². The molecule has 1 aromatic heterocycles. The first-order valence-electron chi connectivity index (χ1n) is 10.9. The van der Waals surface area contributed by atoms with Gasteiger partial charge in [-0.1, -0.05) is 34.1 Å². The molecular formula is C24H29BrN4O3S2. The zero-order valence-corrected chi connectivity index (χ0v) is 22.9. The van der Waals surface area contributed by atoms with Gasteiger partial charge in [-0.05, 0) is 65.0 Å². The molecular weight excluding hydrogens is 536 g/mol. The van der Waals surface area contributed by atoms with E-state index in [4.69, 9.17) is 4.98 Å². The van der Waals surface area contributed by atoms with E-state index in [1.165, 1.54) is 12.1 Å². The molecule has 0 aliphatic rings. The van der Waals surface area contributed by atoms with E-state index >= 15 is 0 Å². The number of carbonyl (C=O) groups excluding carboxylic acids is 1. The van der Waals surface area contributed by atoms with Crippen molar-refractivity contribution in [1.82, 2.24) is 15.0 Å². The highest BCUT2D eigenvalue weighted by Gasteiger charge is 2.21. The van der Waals surface area contributed by atoms with E-state index in [0.29, 0.717) is 5.69 Å². The van der Waals surface area contributed by atoms with Gasteiger partial charge >= 0.3 is 0 Å². The number of anilines is 1. The third-order valence-corrected chi connectivity index (χ3v) is 8.79. The van der Waals surface area contributed by atoms with Crippen molar-refractivity contribution in [3.05, 3.63) is 63.6 Å². The second kappa shape index (κ2) is 11.1. The zero-order chi connectivity index (χ0) is 25.0. The Bertz CT molecular complexity index is 1260. The summed E-state index contributed by atoms with van der Waals surface area (Å²) in [5.41, 5.74) is 2.49. The van der Waals surface area contributed by atoms with Crippen molar-refractivity contribution in [1.29, 1.82) is 0 Å². The number of sulfonamides is 1. The molecule has 3 rings (SSSR count). The number of halogens is 1. The maximum absolute atomic E-state index is 12.7. The van der Waals surface area contributed by atoms with Gasteiger partial charge in [0.25, 0.3) is 0 Å². The Labute approximate surface area is 213 Å². The molecule has 7 nitrogen and oxygen atoms in total. The third-order valence-electron chi connectivity index (χ3n) is 5.05. The van der Waals surface area contributed by atoms with Crippen molar-refractivity contribution < 1.29 is 13.2 Å². The number of aromatic nitrogens is 1. The Hall–Kier alpha value is -2.11. The van der Waals surface area contributed by atoms with Crippen LogP contribution in [0.25, 0.3) is 10.6 Å². The molecule has 10 heteroatoms. The van der Waals surface area contributed by atoms with Crippen molar-refractivity contribution in [2.24, 2.45) is 0 Å². The zero-order valence-electron chi connectivity index (χ0n) is 19.7. The summed E-state index contributed by atoms with van der Waals surface area (Å²) in [4.78, 5) is 18.7. The predicted molar refractivity (Wildman–Crippen MR) is 142 cm³/mol. The highest BCUT2D eigenvalue weighted by Crippen LogP contribution is 2.35. The first-order valence-corrected chi connectivity index (χ1v) is 14.0. The van der Waals surface area contributed by atoms with Crippen LogP contribution >= 0.6 is 27.3 Å². The molecule has 0 saturated carbocycles. The maximum Gasteiger partial charge on any atom is 0.241 e. The number of rotatable bonds is 9. The summed E-state index contributed by atoms with van der Waals surface area (Å²) >= 11 is 5.18. The van der Waals surface area contributed by atoms with Crippen molar-refractivity contribution in [3.63, 3.8) is 0 Å². The quantitative estimate of drug-likeness (QED) is 0.329. The molecule has 0 aliphatic heterocycles. The van der Waals surface area contributed by atoms with Crippen molar-refractivity contribution >= 4 is 48.9 Å². The first-order chi connectivity index (χ1) is 16.0. The summed E-state index contributed by atoms with van der Waals surface area (Å²) in [5.74, 6) is -0.212. The van der Waals surface area contributed by atoms with Crippen LogP contribution < -0.4 is 15.4 Å². The summed E-state index contributed by atoms with van der Waals surface area (Å²) in [6.07, 6.45) is 0. The topological polar surface area (TPSA) is 100 Å². The lowest BCUT2D eigenvalue weighted by atomic mass is 10.2. The minimum atomic E-state index is -3.58. The molecule has 0 saturated heterocycles. The second-order valence-corrected chi connectivity index (χ2v) is 11.9. The van der Waals surface area contributed by atoms with Crippen LogP contribution in [0.15, 0.2) is 57.9 Å². The standard InChI is InChI=1S/C24H29BrN4O3S2/c1-14(2)29-34(31,32)19-12-10-18(11-13-19)28-23(30)17(5)26-15(3)22-16(4)27-24(33-22)20-8-6-7-9-21(20)25/h6-15,17,26,29H,1-5H3,(H,28,30). The molecule has 0 aliphatic carbocycles. The molecule has 0 fully saturated rings. The van der Waals surface area contributed by atoms with Gasteiger partial charge in [0.1, 0.15) is 5.01 Å². The molecule has 1 heterocycles. The number of hydrogen-bond acceptors (Lipinski definition) is 6. The van der Waals surface area contributed by atoms with Crippen LogP contribution in [0.1, 0.15) is 44.3 Å². The van der Waals surface area contributed by atoms with E-state index in [1.807, 2.05) is 38.1 Å². The number of amides is 1. The summed E-state index contributed by atoms with van der Waals surface area (Å²) < 4.78 is 28.1. The molecule has 1 amide bonds. The largest absolute Gasteiger partial charge is 0.325 e. The number of aryl methyl sites for hydroxylation is 1. The molecule has 182 valence electrons. The molecule has 3 aromatic rings. The molecule has 2 aromatic carbocycles. The van der Waals surface area contributed by atoms with E-state index in [0.717, 1.165) is 25.6 Å². The number of carbonyl (C=O) groups is 1. The molecule has 0 bridgehead atoms. The number of thiazole rings is 1. The predicted octanol–water partition coefficient (Wildman–Crippen LogP) is 5.25. The average Bonchev–Trinajstić information content (AvgIpc) is 3.15. The first kappa shape index (κ1) is 26.5. The Morgan fingerprint density at radius 1 is 1.03 bits per heavy atom. The van der Waals surface area contributed by atoms with E-state index in [9.17, 15) is 13.2 Å². The molecule has 34 heavy (non-hydrogen) atoms. The number of hydrogen-bond donors (Lipinski definition) is 3. The fraction of sp³-hybridized carbons (Fsp3) is 0.333. The van der Waals surface area contributed by atoms with Gasteiger partial charge in [0, 0.05) is 32.7 Å². The fourth-order valence-electron chi connectivity index (χ4n) is 3.43. The van der Waals surface area contributed by atoms with E-state index in [-0.39, 0.29) is 22.9 Å². The normalized spacial score (nSPS) is 13.6. The van der Waals surface area contributed by atoms with Crippen LogP contribution in [0, 0.1) is 6.92 Å². The Morgan fingerprint density at radius 3 is 2.29 bits per heavy atom. The van der Waals surface area contributed by atoms with Crippen LogP contribution in [0.2, 0.25) is 0 Å². The lowest BCUT2D eigenvalue weighted by Crippen LogP contribution is -2.39. The van der Waals surface area contributed by atoms with E-state index in [1.54, 1.807) is 44.2 Å². The number of benzene rings is 2. The average molecular weight is 566 g/mol. The summed E-state index contributed by atoms with van der Waals surface area (Å²) in [6, 6.07) is 13.3. The molecule has 0 spiro atoms. The monoisotopic (exact) mass is 564 g/mol. The lowest BCUT2D eigenvalue weighted by molar-refractivity contribution is -0.117. The third kappa shape index (κ3) is 6.51. The van der Waals surface area contributed by atoms with Crippen LogP contribution in [-0.4, -0.2) is 31.4 Å². The van der Waals surface area contributed by atoms with Gasteiger partial charge in [0.15, 0.2) is 0 Å². The molecule has 3 N–H and O–H groups in total. The molecule has 0 radical (unpaired) electrons. The van der Waals surface area contributed by atoms with Gasteiger partial charge in [-0.2, -0.15) is 0 Å². The Kier molecular flexibility index (Phi) is 8.64. The van der Waals surface area contributed by atoms with Crippen LogP contribution in [0.5, 0.6) is 0 Å². The SMILES string of the molecule is Cc1nc(-c2ccccc2Br)sc1C(C)NC(C)C(=O)Nc1ccc(S(=O)(=O)NC(C)C)cc1. The fourth-order valence-corrected chi connectivity index (χ4v) is 6.40. The lowest BCUT2D eigenvalue weighted by Gasteiger charge is -2.19. The van der Waals surface area contributed by atoms with E-state index in [2.05, 4.69) is 31.3 Å². The maximum atomic E-state index is 12.7. The highest BCUT2D eigenvalue weighted by atomic mass is 79.9. The van der Waals surface area contributed by atoms with Gasteiger partial charge in [-0.3, -0.25) is 10.1 Å².